The van der Waals surface area contributed by atoms with Crippen molar-refractivity contribution in [3.05, 3.63) is 12.2 Å². The molecule has 1 atom stereocenters. The van der Waals surface area contributed by atoms with Crippen LogP contribution in [0, 0.1) is 16.7 Å². The fourth-order valence-corrected chi connectivity index (χ4v) is 1.87. The van der Waals surface area contributed by atoms with E-state index in [1.165, 1.54) is 0 Å². The molecule has 1 unspecified atom stereocenters. The molecule has 0 bridgehead atoms. The zero-order valence-electron chi connectivity index (χ0n) is 8.81. The predicted molar refractivity (Wildman–Crippen MR) is 52.9 cm³/mol. The van der Waals surface area contributed by atoms with Crippen molar-refractivity contribution in [1.29, 1.82) is 5.26 Å². The molecule has 15 heavy (non-hydrogen) atoms. The van der Waals surface area contributed by atoms with Crippen molar-refractivity contribution < 1.29 is 4.74 Å². The highest BCUT2D eigenvalue weighted by Gasteiger charge is 2.36. The molecular weight excluding hydrogens is 192 g/mol. The first-order chi connectivity index (χ1) is 7.29. The molecule has 0 spiro atoms. The van der Waals surface area contributed by atoms with E-state index in [-0.39, 0.29) is 5.41 Å². The molecule has 2 heterocycles. The third-order valence-electron chi connectivity index (χ3n) is 2.83. The molecule has 0 aliphatic carbocycles. The van der Waals surface area contributed by atoms with Gasteiger partial charge in [0.15, 0.2) is 0 Å². The van der Waals surface area contributed by atoms with Gasteiger partial charge in [-0.05, 0) is 13.3 Å². The third kappa shape index (κ3) is 1.85. The van der Waals surface area contributed by atoms with Gasteiger partial charge in [-0.15, -0.1) is 0 Å². The fraction of sp³-hybridized carbons (Fsp3) is 0.700. The summed E-state index contributed by atoms with van der Waals surface area (Å²) in [6, 6.07) is 2.36. The lowest BCUT2D eigenvalue weighted by Gasteiger charge is -2.17. The lowest BCUT2D eigenvalue weighted by molar-refractivity contribution is 0.170. The largest absolute Gasteiger partial charge is 0.380 e. The Balaban J connectivity index is 2.17. The standard InChI is InChI=1S/C10H14N4O/c1-2-14-9(12-8-13-14)5-10(6-11)3-4-15-7-10/h8H,2-5,7H2,1H3. The van der Waals surface area contributed by atoms with Crippen LogP contribution in [0.2, 0.25) is 0 Å². The molecule has 1 aromatic heterocycles. The maximum Gasteiger partial charge on any atom is 0.138 e. The van der Waals surface area contributed by atoms with Crippen LogP contribution in [0.3, 0.4) is 0 Å². The molecule has 1 aliphatic heterocycles. The SMILES string of the molecule is CCn1ncnc1CC1(C#N)CCOC1. The minimum absolute atomic E-state index is 0.389. The van der Waals surface area contributed by atoms with E-state index >= 15 is 0 Å². The maximum absolute atomic E-state index is 9.19. The first-order valence-electron chi connectivity index (χ1n) is 5.15. The number of hydrogen-bond donors (Lipinski definition) is 0. The summed E-state index contributed by atoms with van der Waals surface area (Å²) in [4.78, 5) is 4.19. The highest BCUT2D eigenvalue weighted by Crippen LogP contribution is 2.31. The van der Waals surface area contributed by atoms with Gasteiger partial charge in [-0.1, -0.05) is 0 Å². The first kappa shape index (κ1) is 10.1. The van der Waals surface area contributed by atoms with Crippen LogP contribution < -0.4 is 0 Å². The summed E-state index contributed by atoms with van der Waals surface area (Å²) in [5.41, 5.74) is -0.389. The van der Waals surface area contributed by atoms with E-state index in [1.54, 1.807) is 6.33 Å². The van der Waals surface area contributed by atoms with Crippen molar-refractivity contribution in [2.24, 2.45) is 5.41 Å². The molecular formula is C10H14N4O. The zero-order chi connectivity index (χ0) is 10.7. The number of ether oxygens (including phenoxy) is 1. The van der Waals surface area contributed by atoms with E-state index in [2.05, 4.69) is 16.2 Å². The van der Waals surface area contributed by atoms with Crippen molar-refractivity contribution >= 4 is 0 Å². The fourth-order valence-electron chi connectivity index (χ4n) is 1.87. The minimum Gasteiger partial charge on any atom is -0.380 e. The van der Waals surface area contributed by atoms with Gasteiger partial charge in [0, 0.05) is 19.6 Å². The van der Waals surface area contributed by atoms with Crippen molar-refractivity contribution in [2.75, 3.05) is 13.2 Å². The number of nitrogens with zero attached hydrogens (tertiary/aromatic N) is 4. The van der Waals surface area contributed by atoms with Gasteiger partial charge in [-0.2, -0.15) is 10.4 Å². The Morgan fingerprint density at radius 1 is 1.73 bits per heavy atom. The van der Waals surface area contributed by atoms with E-state index in [0.29, 0.717) is 19.6 Å². The molecule has 0 amide bonds. The number of hydrogen-bond acceptors (Lipinski definition) is 4. The summed E-state index contributed by atoms with van der Waals surface area (Å²) in [5.74, 6) is 0.879. The topological polar surface area (TPSA) is 63.7 Å². The van der Waals surface area contributed by atoms with Crippen LogP contribution in [0.15, 0.2) is 6.33 Å². The first-order valence-corrected chi connectivity index (χ1v) is 5.15. The summed E-state index contributed by atoms with van der Waals surface area (Å²) in [6.07, 6.45) is 2.97. The average molecular weight is 206 g/mol. The summed E-state index contributed by atoms with van der Waals surface area (Å²) >= 11 is 0. The molecule has 0 N–H and O–H groups in total. The molecule has 5 heteroatoms. The zero-order valence-corrected chi connectivity index (χ0v) is 8.81. The van der Waals surface area contributed by atoms with Crippen LogP contribution in [0.4, 0.5) is 0 Å². The molecule has 2 rings (SSSR count). The predicted octanol–water partition coefficient (Wildman–Crippen LogP) is 0.771. The molecule has 80 valence electrons. The quantitative estimate of drug-likeness (QED) is 0.732. The highest BCUT2D eigenvalue weighted by atomic mass is 16.5. The van der Waals surface area contributed by atoms with Gasteiger partial charge in [0.1, 0.15) is 12.2 Å². The number of aryl methyl sites for hydroxylation is 1. The van der Waals surface area contributed by atoms with Gasteiger partial charge >= 0.3 is 0 Å². The Bertz CT molecular complexity index is 373. The molecule has 1 saturated heterocycles. The van der Waals surface area contributed by atoms with Crippen LogP contribution in [0.1, 0.15) is 19.2 Å². The smallest absolute Gasteiger partial charge is 0.138 e. The summed E-state index contributed by atoms with van der Waals surface area (Å²) in [7, 11) is 0. The monoisotopic (exact) mass is 206 g/mol. The van der Waals surface area contributed by atoms with Crippen molar-refractivity contribution in [3.8, 4) is 6.07 Å². The van der Waals surface area contributed by atoms with E-state index in [4.69, 9.17) is 4.74 Å². The highest BCUT2D eigenvalue weighted by molar-refractivity contribution is 5.07. The molecule has 1 fully saturated rings. The lowest BCUT2D eigenvalue weighted by Crippen LogP contribution is -2.24. The summed E-state index contributed by atoms with van der Waals surface area (Å²) in [5, 5.41) is 13.3. The Kier molecular flexibility index (Phi) is 2.69. The molecule has 0 aromatic carbocycles. The molecule has 0 saturated carbocycles. The average Bonchev–Trinajstić information content (AvgIpc) is 2.88. The normalized spacial score (nSPS) is 25.3. The van der Waals surface area contributed by atoms with Gasteiger partial charge in [0.05, 0.1) is 18.1 Å². The Morgan fingerprint density at radius 3 is 3.20 bits per heavy atom. The Hall–Kier alpha value is -1.41. The second-order valence-corrected chi connectivity index (χ2v) is 3.86. The van der Waals surface area contributed by atoms with E-state index < -0.39 is 0 Å². The number of nitriles is 1. The van der Waals surface area contributed by atoms with Gasteiger partial charge in [0.2, 0.25) is 0 Å². The second kappa shape index (κ2) is 3.99. The lowest BCUT2D eigenvalue weighted by atomic mass is 9.85. The van der Waals surface area contributed by atoms with E-state index in [0.717, 1.165) is 18.8 Å². The molecule has 0 radical (unpaired) electrons. The van der Waals surface area contributed by atoms with Crippen LogP contribution in [0.25, 0.3) is 0 Å². The van der Waals surface area contributed by atoms with Crippen LogP contribution in [-0.4, -0.2) is 28.0 Å². The summed E-state index contributed by atoms with van der Waals surface area (Å²) in [6.45, 7) is 3.99. The maximum atomic E-state index is 9.19. The van der Waals surface area contributed by atoms with Crippen LogP contribution in [0.5, 0.6) is 0 Å². The van der Waals surface area contributed by atoms with Crippen molar-refractivity contribution in [3.63, 3.8) is 0 Å². The van der Waals surface area contributed by atoms with Gasteiger partial charge in [-0.25, -0.2) is 4.98 Å². The van der Waals surface area contributed by atoms with Crippen LogP contribution in [-0.2, 0) is 17.7 Å². The second-order valence-electron chi connectivity index (χ2n) is 3.86. The van der Waals surface area contributed by atoms with E-state index in [9.17, 15) is 5.26 Å². The summed E-state index contributed by atoms with van der Waals surface area (Å²) < 4.78 is 7.12. The van der Waals surface area contributed by atoms with Gasteiger partial charge in [-0.3, -0.25) is 4.68 Å². The van der Waals surface area contributed by atoms with Gasteiger partial charge in [0.25, 0.3) is 0 Å². The van der Waals surface area contributed by atoms with Crippen LogP contribution >= 0.6 is 0 Å². The third-order valence-corrected chi connectivity index (χ3v) is 2.83. The Labute approximate surface area is 88.7 Å². The number of rotatable bonds is 3. The number of aromatic nitrogens is 3. The van der Waals surface area contributed by atoms with E-state index in [1.807, 2.05) is 11.6 Å². The van der Waals surface area contributed by atoms with Crippen molar-refractivity contribution in [2.45, 2.75) is 26.3 Å². The Morgan fingerprint density at radius 2 is 2.60 bits per heavy atom. The minimum atomic E-state index is -0.389. The van der Waals surface area contributed by atoms with Gasteiger partial charge < -0.3 is 4.74 Å². The molecule has 5 nitrogen and oxygen atoms in total. The van der Waals surface area contributed by atoms with Crippen molar-refractivity contribution in [1.82, 2.24) is 14.8 Å². The molecule has 1 aromatic rings. The molecule has 1 aliphatic rings.